The number of rotatable bonds is 2. The van der Waals surface area contributed by atoms with E-state index in [4.69, 9.17) is 4.43 Å². The van der Waals surface area contributed by atoms with Gasteiger partial charge < -0.3 is 4.43 Å². The van der Waals surface area contributed by atoms with Crippen LogP contribution in [-0.2, 0) is 4.43 Å². The molecule has 0 bridgehead atoms. The van der Waals surface area contributed by atoms with Gasteiger partial charge in [-0.05, 0) is 58.0 Å². The summed E-state index contributed by atoms with van der Waals surface area (Å²) < 4.78 is 6.00. The Labute approximate surface area is 82.6 Å². The van der Waals surface area contributed by atoms with Crippen molar-refractivity contribution in [3.05, 3.63) is 23.0 Å². The molecule has 1 aliphatic carbocycles. The van der Waals surface area contributed by atoms with Crippen molar-refractivity contribution in [2.24, 2.45) is 0 Å². The highest BCUT2D eigenvalue weighted by Crippen LogP contribution is 2.26. The van der Waals surface area contributed by atoms with E-state index >= 15 is 0 Å². The van der Waals surface area contributed by atoms with E-state index < -0.39 is 8.32 Å². The fourth-order valence-electron chi connectivity index (χ4n) is 1.37. The smallest absolute Gasteiger partial charge is 0.242 e. The first-order valence-corrected chi connectivity index (χ1v) is 8.35. The van der Waals surface area contributed by atoms with Gasteiger partial charge in [0.1, 0.15) is 5.76 Å². The minimum atomic E-state index is -1.42. The molecule has 0 saturated carbocycles. The van der Waals surface area contributed by atoms with Crippen LogP contribution in [-0.4, -0.2) is 8.32 Å². The van der Waals surface area contributed by atoms with Crippen LogP contribution in [0.4, 0.5) is 0 Å². The lowest BCUT2D eigenvalue weighted by atomic mass is 10.00. The van der Waals surface area contributed by atoms with Gasteiger partial charge in [-0.3, -0.25) is 0 Å². The fraction of sp³-hybridized carbons (Fsp3) is 0.636. The van der Waals surface area contributed by atoms with Gasteiger partial charge >= 0.3 is 0 Å². The molecule has 2 heteroatoms. The molecule has 0 aromatic rings. The molecule has 0 atom stereocenters. The maximum Gasteiger partial charge on any atom is 0.242 e. The summed E-state index contributed by atoms with van der Waals surface area (Å²) in [5.41, 5.74) is 2.85. The Hall–Kier alpha value is -0.503. The molecule has 0 N–H and O–H groups in total. The summed E-state index contributed by atoms with van der Waals surface area (Å²) in [4.78, 5) is 0. The SMILES string of the molecule is CC1=CC(O[Si](C)(C)C)=C(C)CC1. The molecular weight excluding hydrogens is 176 g/mol. The first-order valence-electron chi connectivity index (χ1n) is 4.94. The van der Waals surface area contributed by atoms with Crippen LogP contribution in [0.3, 0.4) is 0 Å². The van der Waals surface area contributed by atoms with Crippen molar-refractivity contribution in [3.8, 4) is 0 Å². The van der Waals surface area contributed by atoms with Crippen molar-refractivity contribution in [2.75, 3.05) is 0 Å². The van der Waals surface area contributed by atoms with Gasteiger partial charge in [0.2, 0.25) is 8.32 Å². The molecule has 0 fully saturated rings. The summed E-state index contributed by atoms with van der Waals surface area (Å²) in [7, 11) is -1.42. The van der Waals surface area contributed by atoms with Gasteiger partial charge in [-0.25, -0.2) is 0 Å². The molecule has 1 aliphatic rings. The zero-order chi connectivity index (χ0) is 10.1. The maximum absolute atomic E-state index is 6.00. The van der Waals surface area contributed by atoms with Gasteiger partial charge in [-0.2, -0.15) is 0 Å². The second-order valence-corrected chi connectivity index (χ2v) is 9.28. The van der Waals surface area contributed by atoms with Crippen LogP contribution in [0.1, 0.15) is 26.7 Å². The minimum Gasteiger partial charge on any atom is -0.544 e. The maximum atomic E-state index is 6.00. The molecule has 1 rings (SSSR count). The largest absolute Gasteiger partial charge is 0.544 e. The quantitative estimate of drug-likeness (QED) is 0.610. The molecule has 0 aliphatic heterocycles. The highest BCUT2D eigenvalue weighted by molar-refractivity contribution is 6.70. The lowest BCUT2D eigenvalue weighted by molar-refractivity contribution is 0.427. The monoisotopic (exact) mass is 196 g/mol. The summed E-state index contributed by atoms with van der Waals surface area (Å²) in [5.74, 6) is 1.14. The lowest BCUT2D eigenvalue weighted by Crippen LogP contribution is -2.25. The van der Waals surface area contributed by atoms with Crippen molar-refractivity contribution in [1.29, 1.82) is 0 Å². The first kappa shape index (κ1) is 10.6. The topological polar surface area (TPSA) is 9.23 Å². The van der Waals surface area contributed by atoms with Crippen molar-refractivity contribution in [1.82, 2.24) is 0 Å². The van der Waals surface area contributed by atoms with E-state index in [1.165, 1.54) is 24.0 Å². The van der Waals surface area contributed by atoms with Crippen molar-refractivity contribution in [3.63, 3.8) is 0 Å². The van der Waals surface area contributed by atoms with Crippen LogP contribution in [0, 0.1) is 0 Å². The second-order valence-electron chi connectivity index (χ2n) is 4.85. The van der Waals surface area contributed by atoms with Crippen LogP contribution >= 0.6 is 0 Å². The van der Waals surface area contributed by atoms with E-state index in [1.807, 2.05) is 0 Å². The summed E-state index contributed by atoms with van der Waals surface area (Å²) in [6.07, 6.45) is 4.57. The minimum absolute atomic E-state index is 1.14. The molecule has 1 nitrogen and oxygen atoms in total. The normalized spacial score (nSPS) is 18.7. The Morgan fingerprint density at radius 2 is 1.77 bits per heavy atom. The van der Waals surface area contributed by atoms with Gasteiger partial charge in [0.25, 0.3) is 0 Å². The lowest BCUT2D eigenvalue weighted by Gasteiger charge is -2.24. The van der Waals surface area contributed by atoms with Crippen LogP contribution in [0.25, 0.3) is 0 Å². The fourth-order valence-corrected chi connectivity index (χ4v) is 2.27. The van der Waals surface area contributed by atoms with Crippen LogP contribution in [0.2, 0.25) is 19.6 Å². The van der Waals surface area contributed by atoms with E-state index in [-0.39, 0.29) is 0 Å². The van der Waals surface area contributed by atoms with E-state index in [0.717, 1.165) is 5.76 Å². The third-order valence-corrected chi connectivity index (χ3v) is 2.94. The highest BCUT2D eigenvalue weighted by atomic mass is 28.4. The molecule has 13 heavy (non-hydrogen) atoms. The van der Waals surface area contributed by atoms with E-state index in [9.17, 15) is 0 Å². The molecular formula is C11H20OSi. The first-order chi connectivity index (χ1) is 5.88. The summed E-state index contributed by atoms with van der Waals surface area (Å²) in [6.45, 7) is 11.0. The highest BCUT2D eigenvalue weighted by Gasteiger charge is 2.19. The number of hydrogen-bond donors (Lipinski definition) is 0. The Bertz CT molecular complexity index is 256. The molecule has 0 radical (unpaired) electrons. The molecule has 0 heterocycles. The van der Waals surface area contributed by atoms with Crippen molar-refractivity contribution in [2.45, 2.75) is 46.3 Å². The molecule has 0 aromatic carbocycles. The third kappa shape index (κ3) is 3.39. The molecule has 0 saturated heterocycles. The summed E-state index contributed by atoms with van der Waals surface area (Å²) in [6, 6.07) is 0. The average molecular weight is 196 g/mol. The van der Waals surface area contributed by atoms with E-state index in [2.05, 4.69) is 39.6 Å². The standard InChI is InChI=1S/C11H20OSi/c1-9-6-7-10(2)11(8-9)12-13(3,4)5/h8H,6-7H2,1-5H3. The average Bonchev–Trinajstić information content (AvgIpc) is 1.94. The van der Waals surface area contributed by atoms with Gasteiger partial charge in [-0.1, -0.05) is 5.57 Å². The predicted molar refractivity (Wildman–Crippen MR) is 60.1 cm³/mol. The Kier molecular flexibility index (Phi) is 3.01. The second kappa shape index (κ2) is 3.70. The van der Waals surface area contributed by atoms with Gasteiger partial charge in [-0.15, -0.1) is 0 Å². The summed E-state index contributed by atoms with van der Waals surface area (Å²) >= 11 is 0. The van der Waals surface area contributed by atoms with Crippen LogP contribution in [0.15, 0.2) is 23.0 Å². The van der Waals surface area contributed by atoms with Crippen molar-refractivity contribution >= 4 is 8.32 Å². The van der Waals surface area contributed by atoms with Crippen LogP contribution < -0.4 is 0 Å². The molecule has 74 valence electrons. The van der Waals surface area contributed by atoms with Crippen LogP contribution in [0.5, 0.6) is 0 Å². The molecule has 0 spiro atoms. The summed E-state index contributed by atoms with van der Waals surface area (Å²) in [5, 5.41) is 0. The van der Waals surface area contributed by atoms with E-state index in [0.29, 0.717) is 0 Å². The predicted octanol–water partition coefficient (Wildman–Crippen LogP) is 3.85. The Balaban J connectivity index is 2.78. The van der Waals surface area contributed by atoms with Crippen molar-refractivity contribution < 1.29 is 4.43 Å². The van der Waals surface area contributed by atoms with Gasteiger partial charge in [0, 0.05) is 0 Å². The Morgan fingerprint density at radius 1 is 1.15 bits per heavy atom. The molecule has 0 aromatic heterocycles. The Morgan fingerprint density at radius 3 is 2.31 bits per heavy atom. The zero-order valence-electron chi connectivity index (χ0n) is 9.40. The zero-order valence-corrected chi connectivity index (χ0v) is 10.4. The number of hydrogen-bond acceptors (Lipinski definition) is 1. The van der Waals surface area contributed by atoms with Gasteiger partial charge in [0.15, 0.2) is 0 Å². The van der Waals surface area contributed by atoms with Gasteiger partial charge in [0.05, 0.1) is 0 Å². The number of allylic oxidation sites excluding steroid dienone is 3. The molecule has 0 unspecified atom stereocenters. The molecule has 0 amide bonds. The third-order valence-electron chi connectivity index (χ3n) is 2.11. The van der Waals surface area contributed by atoms with E-state index in [1.54, 1.807) is 0 Å².